The summed E-state index contributed by atoms with van der Waals surface area (Å²) in [5.74, 6) is 3.90. The molecule has 7 rings (SSSR count). The topological polar surface area (TPSA) is 106 Å². The maximum Gasteiger partial charge on any atom is 0.227 e. The first kappa shape index (κ1) is 28.1. The van der Waals surface area contributed by atoms with Crippen molar-refractivity contribution in [1.82, 2.24) is 24.5 Å². The number of hydrogen-bond acceptors (Lipinski definition) is 8. The van der Waals surface area contributed by atoms with Crippen molar-refractivity contribution in [2.45, 2.75) is 88.8 Å². The number of nitrogens with zero attached hydrogens (tertiary/aromatic N) is 5. The zero-order valence-corrected chi connectivity index (χ0v) is 25.0. The average molecular weight is 581 g/mol. The highest BCUT2D eigenvalue weighted by Gasteiger charge is 2.26. The van der Waals surface area contributed by atoms with Crippen molar-refractivity contribution in [1.29, 1.82) is 0 Å². The number of imidazole rings is 1. The van der Waals surface area contributed by atoms with Crippen LogP contribution in [0, 0.1) is 5.92 Å². The van der Waals surface area contributed by atoms with E-state index in [1.807, 2.05) is 42.7 Å². The summed E-state index contributed by atoms with van der Waals surface area (Å²) in [4.78, 5) is 14.8. The minimum absolute atomic E-state index is 0.317. The van der Waals surface area contributed by atoms with Gasteiger partial charge >= 0.3 is 0 Å². The summed E-state index contributed by atoms with van der Waals surface area (Å²) in [7, 11) is 0. The summed E-state index contributed by atoms with van der Waals surface area (Å²) in [6.45, 7) is 1.92. The molecular weight excluding hydrogens is 536 g/mol. The number of nitrogens with one attached hydrogen (secondary N) is 2. The lowest BCUT2D eigenvalue weighted by atomic mass is 9.90. The van der Waals surface area contributed by atoms with E-state index < -0.39 is 0 Å². The van der Waals surface area contributed by atoms with E-state index in [-0.39, 0.29) is 0 Å². The highest BCUT2D eigenvalue weighted by Crippen LogP contribution is 2.34. The Balaban J connectivity index is 1.02. The fourth-order valence-electron chi connectivity index (χ4n) is 7.05. The molecule has 4 N–H and O–H groups in total. The summed E-state index contributed by atoms with van der Waals surface area (Å²) in [5, 5.41) is 5.96. The summed E-state index contributed by atoms with van der Waals surface area (Å²) in [6, 6.07) is 19.7. The number of benzene rings is 2. The number of para-hydroxylation sites is 1. The fraction of sp³-hybridized carbons (Fsp3) is 0.500. The molecule has 3 aliphatic rings. The molecule has 2 aromatic carbocycles. The van der Waals surface area contributed by atoms with Gasteiger partial charge in [-0.2, -0.15) is 9.97 Å². The van der Waals surface area contributed by atoms with Crippen molar-refractivity contribution >= 4 is 22.9 Å². The van der Waals surface area contributed by atoms with Gasteiger partial charge in [0.1, 0.15) is 11.5 Å². The second-order valence-corrected chi connectivity index (χ2v) is 12.7. The Labute approximate surface area is 254 Å². The van der Waals surface area contributed by atoms with Gasteiger partial charge in [-0.3, -0.25) is 0 Å². The highest BCUT2D eigenvalue weighted by atomic mass is 16.5. The molecule has 4 aromatic rings. The van der Waals surface area contributed by atoms with E-state index in [9.17, 15) is 0 Å². The Morgan fingerprint density at radius 3 is 2.40 bits per heavy atom. The maximum absolute atomic E-state index is 6.16. The van der Waals surface area contributed by atoms with Crippen LogP contribution in [-0.4, -0.2) is 49.7 Å². The fourth-order valence-corrected chi connectivity index (χ4v) is 7.05. The Hall–Kier alpha value is -3.69. The summed E-state index contributed by atoms with van der Waals surface area (Å²) < 4.78 is 8.37. The second-order valence-electron chi connectivity index (χ2n) is 12.7. The van der Waals surface area contributed by atoms with Crippen molar-refractivity contribution in [3.63, 3.8) is 0 Å². The zero-order valence-electron chi connectivity index (χ0n) is 25.0. The van der Waals surface area contributed by atoms with E-state index in [2.05, 4.69) is 38.5 Å². The van der Waals surface area contributed by atoms with Crippen LogP contribution >= 0.6 is 0 Å². The predicted molar refractivity (Wildman–Crippen MR) is 171 cm³/mol. The molecule has 2 saturated carbocycles. The monoisotopic (exact) mass is 580 g/mol. The molecule has 3 fully saturated rings. The van der Waals surface area contributed by atoms with Gasteiger partial charge in [0.2, 0.25) is 5.95 Å². The van der Waals surface area contributed by atoms with Gasteiger partial charge < -0.3 is 25.8 Å². The Kier molecular flexibility index (Phi) is 8.43. The van der Waals surface area contributed by atoms with E-state index in [1.54, 1.807) is 0 Å². The maximum atomic E-state index is 6.16. The number of nitrogens with two attached hydrogens (primary N) is 1. The van der Waals surface area contributed by atoms with Crippen LogP contribution in [0.3, 0.4) is 0 Å². The van der Waals surface area contributed by atoms with E-state index in [4.69, 9.17) is 25.4 Å². The third-order valence-corrected chi connectivity index (χ3v) is 9.52. The first-order valence-electron chi connectivity index (χ1n) is 16.3. The van der Waals surface area contributed by atoms with Gasteiger partial charge in [0, 0.05) is 31.2 Å². The normalized spacial score (nSPS) is 22.2. The summed E-state index contributed by atoms with van der Waals surface area (Å²) >= 11 is 0. The molecule has 0 unspecified atom stereocenters. The number of hydrazine groups is 1. The van der Waals surface area contributed by atoms with Crippen LogP contribution in [0.5, 0.6) is 11.5 Å². The molecule has 9 heteroatoms. The molecule has 0 amide bonds. The smallest absolute Gasteiger partial charge is 0.227 e. The molecule has 0 radical (unpaired) electrons. The molecule has 2 aromatic heterocycles. The predicted octanol–water partition coefficient (Wildman–Crippen LogP) is 6.70. The second kappa shape index (κ2) is 12.9. The number of anilines is 2. The Bertz CT molecular complexity index is 1490. The summed E-state index contributed by atoms with van der Waals surface area (Å²) in [5.41, 5.74) is 13.0. The van der Waals surface area contributed by atoms with Gasteiger partial charge in [-0.1, -0.05) is 43.2 Å². The molecule has 0 atom stereocenters. The average Bonchev–Trinajstić information content (AvgIpc) is 3.71. The Morgan fingerprint density at radius 2 is 1.60 bits per heavy atom. The van der Waals surface area contributed by atoms with Gasteiger partial charge in [-0.25, -0.2) is 9.99 Å². The quantitative estimate of drug-likeness (QED) is 0.201. The molecule has 9 nitrogen and oxygen atoms in total. The van der Waals surface area contributed by atoms with Crippen molar-refractivity contribution in [3.8, 4) is 11.5 Å². The largest absolute Gasteiger partial charge is 0.457 e. The van der Waals surface area contributed by atoms with Gasteiger partial charge in [-0.05, 0) is 93.5 Å². The molecule has 0 spiro atoms. The third kappa shape index (κ3) is 6.78. The minimum atomic E-state index is 0.317. The number of hydrogen-bond donors (Lipinski definition) is 3. The standard InChI is InChI=1S/C34H44N8O/c35-26-13-15-27(16-14-26)37-34-38-32(31-33(39-34)42(23-36-31)28-8-4-5-9-28)40-41-19-17-24(18-20-41)21-25-7-6-12-30(22-25)43-29-10-2-1-3-11-29/h1-3,6-7,10-12,22-24,26-28H,4-5,8-9,13-21,35H2,(H2,37,38,39,40). The third-order valence-electron chi connectivity index (χ3n) is 9.52. The lowest BCUT2D eigenvalue weighted by Gasteiger charge is -2.32. The Morgan fingerprint density at radius 1 is 0.837 bits per heavy atom. The molecule has 0 bridgehead atoms. The van der Waals surface area contributed by atoms with E-state index in [1.165, 1.54) is 31.2 Å². The van der Waals surface area contributed by atoms with E-state index in [0.717, 1.165) is 86.5 Å². The molecular formula is C34H44N8O. The first-order chi connectivity index (χ1) is 21.2. The van der Waals surface area contributed by atoms with Gasteiger partial charge in [0.05, 0.1) is 6.33 Å². The molecule has 2 aliphatic carbocycles. The van der Waals surface area contributed by atoms with Gasteiger partial charge in [-0.15, -0.1) is 0 Å². The van der Waals surface area contributed by atoms with Gasteiger partial charge in [0.25, 0.3) is 0 Å². The van der Waals surface area contributed by atoms with Crippen LogP contribution in [0.4, 0.5) is 11.8 Å². The van der Waals surface area contributed by atoms with Crippen molar-refractivity contribution in [3.05, 3.63) is 66.5 Å². The van der Waals surface area contributed by atoms with Crippen LogP contribution < -0.4 is 21.2 Å². The summed E-state index contributed by atoms with van der Waals surface area (Å²) in [6.07, 6.45) is 14.4. The lowest BCUT2D eigenvalue weighted by molar-refractivity contribution is 0.216. The first-order valence-corrected chi connectivity index (χ1v) is 16.3. The number of fused-ring (bicyclic) bond motifs is 1. The molecule has 226 valence electrons. The molecule has 43 heavy (non-hydrogen) atoms. The van der Waals surface area contributed by atoms with E-state index in [0.29, 0.717) is 30.0 Å². The zero-order chi connectivity index (χ0) is 29.0. The number of piperidine rings is 1. The van der Waals surface area contributed by atoms with Crippen molar-refractivity contribution in [2.24, 2.45) is 11.7 Å². The van der Waals surface area contributed by atoms with Crippen LogP contribution in [-0.2, 0) is 6.42 Å². The molecule has 1 saturated heterocycles. The van der Waals surface area contributed by atoms with Crippen LogP contribution in [0.15, 0.2) is 60.9 Å². The van der Waals surface area contributed by atoms with Crippen molar-refractivity contribution in [2.75, 3.05) is 23.8 Å². The number of rotatable bonds is 9. The molecule has 1 aliphatic heterocycles. The van der Waals surface area contributed by atoms with Crippen LogP contribution in [0.2, 0.25) is 0 Å². The van der Waals surface area contributed by atoms with E-state index >= 15 is 0 Å². The number of ether oxygens (including phenoxy) is 1. The number of aromatic nitrogens is 4. The molecule has 3 heterocycles. The van der Waals surface area contributed by atoms with Gasteiger partial charge in [0.15, 0.2) is 17.0 Å². The minimum Gasteiger partial charge on any atom is -0.457 e. The highest BCUT2D eigenvalue weighted by molar-refractivity contribution is 5.84. The lowest BCUT2D eigenvalue weighted by Crippen LogP contribution is -2.39. The SMILES string of the molecule is NC1CCC(Nc2nc(NN3CCC(Cc4cccc(Oc5ccccc5)c4)CC3)c3ncn(C4CCCC4)c3n2)CC1. The van der Waals surface area contributed by atoms with Crippen LogP contribution in [0.1, 0.15) is 75.8 Å². The van der Waals surface area contributed by atoms with Crippen molar-refractivity contribution < 1.29 is 4.74 Å². The van der Waals surface area contributed by atoms with Crippen LogP contribution in [0.25, 0.3) is 11.2 Å².